The molecule has 0 heterocycles. The van der Waals surface area contributed by atoms with E-state index < -0.39 is 32.5 Å². The Bertz CT molecular complexity index is 925. The summed E-state index contributed by atoms with van der Waals surface area (Å²) in [6.07, 6.45) is 52.7. The van der Waals surface area contributed by atoms with Crippen molar-refractivity contribution in [3.05, 3.63) is 0 Å². The molecule has 0 spiro atoms. The molecule has 0 fully saturated rings. The molecular formula is C50H99O8P. The van der Waals surface area contributed by atoms with Gasteiger partial charge < -0.3 is 19.3 Å². The quantitative estimate of drug-likeness (QED) is 0.0353. The predicted octanol–water partition coefficient (Wildman–Crippen LogP) is 16.4. The molecule has 0 aliphatic rings. The van der Waals surface area contributed by atoms with E-state index in [2.05, 4.69) is 18.4 Å². The topological polar surface area (TPSA) is 119 Å². The van der Waals surface area contributed by atoms with Crippen LogP contribution in [0.3, 0.4) is 0 Å². The summed E-state index contributed by atoms with van der Waals surface area (Å²) in [5, 5.41) is 0. The first kappa shape index (κ1) is 58.0. The molecule has 0 rings (SSSR count). The number of unbranched alkanes of at least 4 members (excludes halogenated alkanes) is 39. The Morgan fingerprint density at radius 3 is 0.864 bits per heavy atom. The highest BCUT2D eigenvalue weighted by Crippen LogP contribution is 2.36. The van der Waals surface area contributed by atoms with Crippen LogP contribution in [-0.2, 0) is 28.2 Å². The summed E-state index contributed by atoms with van der Waals surface area (Å²) >= 11 is 0. The van der Waals surface area contributed by atoms with Crippen LogP contribution in [0.2, 0.25) is 0 Å². The number of ether oxygens (including phenoxy) is 2. The normalized spacial score (nSPS) is 12.3. The Morgan fingerprint density at radius 2 is 0.610 bits per heavy atom. The molecule has 0 unspecified atom stereocenters. The van der Waals surface area contributed by atoms with Crippen LogP contribution in [-0.4, -0.2) is 41.0 Å². The molecule has 0 aromatic rings. The summed E-state index contributed by atoms with van der Waals surface area (Å²) in [5.41, 5.74) is 0. The van der Waals surface area contributed by atoms with Crippen molar-refractivity contribution in [1.82, 2.24) is 0 Å². The van der Waals surface area contributed by atoms with Crippen molar-refractivity contribution in [3.8, 4) is 0 Å². The second kappa shape index (κ2) is 46.6. The van der Waals surface area contributed by atoms with Crippen LogP contribution in [0.4, 0.5) is 0 Å². The van der Waals surface area contributed by atoms with Gasteiger partial charge in [-0.1, -0.05) is 264 Å². The maximum Gasteiger partial charge on any atom is 0.469 e. The summed E-state index contributed by atoms with van der Waals surface area (Å²) in [7, 11) is -4.75. The standard InChI is InChI=1S/C50H99O8P/c1-3-5-7-9-11-13-15-17-19-21-23-24-25-27-29-31-33-35-37-39-41-43-45-50(52)58-48(47-57-59(53,54)55)46-56-49(51)44-42-40-38-36-34-32-30-28-26-22-20-18-16-14-12-10-8-6-4-2/h48H,3-47H2,1-2H3,(H2,53,54,55)/t48-/m1/s1. The first-order chi connectivity index (χ1) is 28.8. The number of rotatable bonds is 49. The van der Waals surface area contributed by atoms with E-state index in [9.17, 15) is 14.2 Å². The molecule has 0 radical (unpaired) electrons. The van der Waals surface area contributed by atoms with E-state index in [1.807, 2.05) is 0 Å². The fourth-order valence-corrected chi connectivity index (χ4v) is 8.39. The molecule has 2 N–H and O–H groups in total. The molecule has 0 amide bonds. The number of phosphoric acid groups is 1. The lowest BCUT2D eigenvalue weighted by Crippen LogP contribution is -2.29. The van der Waals surface area contributed by atoms with E-state index in [1.54, 1.807) is 0 Å². The lowest BCUT2D eigenvalue weighted by Gasteiger charge is -2.18. The minimum atomic E-state index is -4.75. The van der Waals surface area contributed by atoms with Crippen LogP contribution < -0.4 is 0 Å². The average Bonchev–Trinajstić information content (AvgIpc) is 3.21. The number of carbonyl (C=O) groups is 2. The Labute approximate surface area is 365 Å². The summed E-state index contributed by atoms with van der Waals surface area (Å²) in [5.74, 6) is -0.860. The number of hydrogen-bond donors (Lipinski definition) is 2. The molecule has 352 valence electrons. The molecule has 0 aromatic heterocycles. The van der Waals surface area contributed by atoms with Crippen LogP contribution in [0.15, 0.2) is 0 Å². The van der Waals surface area contributed by atoms with Crippen LogP contribution in [0.5, 0.6) is 0 Å². The second-order valence-electron chi connectivity index (χ2n) is 17.9. The van der Waals surface area contributed by atoms with E-state index in [1.165, 1.54) is 225 Å². The molecule has 0 aromatic carbocycles. The third-order valence-corrected chi connectivity index (χ3v) is 12.4. The van der Waals surface area contributed by atoms with Gasteiger partial charge in [0.05, 0.1) is 6.61 Å². The molecule has 1 atom stereocenters. The van der Waals surface area contributed by atoms with Gasteiger partial charge in [0.1, 0.15) is 6.61 Å². The van der Waals surface area contributed by atoms with Crippen molar-refractivity contribution in [2.24, 2.45) is 0 Å². The van der Waals surface area contributed by atoms with Gasteiger partial charge >= 0.3 is 19.8 Å². The van der Waals surface area contributed by atoms with Gasteiger partial charge in [0.2, 0.25) is 0 Å². The minimum Gasteiger partial charge on any atom is -0.462 e. The SMILES string of the molecule is CCCCCCCCCCCCCCCCCCCCCCCCC(=O)O[C@H](COC(=O)CCCCCCCCCCCCCCCCCCCCC)COP(=O)(O)O. The molecule has 0 aliphatic heterocycles. The first-order valence-electron chi connectivity index (χ1n) is 25.8. The van der Waals surface area contributed by atoms with Gasteiger partial charge in [-0.25, -0.2) is 4.57 Å². The summed E-state index contributed by atoms with van der Waals surface area (Å²) in [6, 6.07) is 0. The van der Waals surface area contributed by atoms with Gasteiger partial charge in [0.25, 0.3) is 0 Å². The lowest BCUT2D eigenvalue weighted by atomic mass is 10.0. The van der Waals surface area contributed by atoms with E-state index in [0.29, 0.717) is 6.42 Å². The third-order valence-electron chi connectivity index (χ3n) is 11.9. The van der Waals surface area contributed by atoms with E-state index in [-0.39, 0.29) is 19.4 Å². The van der Waals surface area contributed by atoms with Crippen molar-refractivity contribution < 1.29 is 37.9 Å². The average molecular weight is 859 g/mol. The van der Waals surface area contributed by atoms with Crippen LogP contribution >= 0.6 is 7.82 Å². The van der Waals surface area contributed by atoms with E-state index >= 15 is 0 Å². The lowest BCUT2D eigenvalue weighted by molar-refractivity contribution is -0.161. The van der Waals surface area contributed by atoms with Crippen molar-refractivity contribution in [2.75, 3.05) is 13.2 Å². The predicted molar refractivity (Wildman–Crippen MR) is 249 cm³/mol. The van der Waals surface area contributed by atoms with Crippen molar-refractivity contribution in [3.63, 3.8) is 0 Å². The molecule has 0 aliphatic carbocycles. The summed E-state index contributed by atoms with van der Waals surface area (Å²) in [4.78, 5) is 43.1. The van der Waals surface area contributed by atoms with Gasteiger partial charge in [-0.2, -0.15) is 0 Å². The van der Waals surface area contributed by atoms with Gasteiger partial charge in [0, 0.05) is 12.8 Å². The Morgan fingerprint density at radius 1 is 0.373 bits per heavy atom. The maximum atomic E-state index is 12.5. The van der Waals surface area contributed by atoms with Crippen molar-refractivity contribution in [1.29, 1.82) is 0 Å². The van der Waals surface area contributed by atoms with Gasteiger partial charge in [-0.05, 0) is 12.8 Å². The zero-order valence-electron chi connectivity index (χ0n) is 39.2. The molecule has 0 bridgehead atoms. The monoisotopic (exact) mass is 859 g/mol. The van der Waals surface area contributed by atoms with Crippen molar-refractivity contribution in [2.45, 2.75) is 296 Å². The summed E-state index contributed by atoms with van der Waals surface area (Å²) < 4.78 is 26.6. The third kappa shape index (κ3) is 49.6. The Balaban J connectivity index is 3.75. The molecule has 9 heteroatoms. The molecule has 0 saturated carbocycles. The number of esters is 2. The zero-order chi connectivity index (χ0) is 43.2. The fraction of sp³-hybridized carbons (Fsp3) is 0.960. The minimum absolute atomic E-state index is 0.221. The van der Waals surface area contributed by atoms with E-state index in [4.69, 9.17) is 19.3 Å². The number of hydrogen-bond acceptors (Lipinski definition) is 6. The van der Waals surface area contributed by atoms with Crippen LogP contribution in [0, 0.1) is 0 Å². The van der Waals surface area contributed by atoms with Gasteiger partial charge in [0.15, 0.2) is 6.10 Å². The Kier molecular flexibility index (Phi) is 45.8. The second-order valence-corrected chi connectivity index (χ2v) is 19.1. The molecule has 0 saturated heterocycles. The Hall–Kier alpha value is -0.950. The van der Waals surface area contributed by atoms with Gasteiger partial charge in [-0.15, -0.1) is 0 Å². The zero-order valence-corrected chi connectivity index (χ0v) is 40.1. The highest BCUT2D eigenvalue weighted by molar-refractivity contribution is 7.46. The first-order valence-corrected chi connectivity index (χ1v) is 27.4. The smallest absolute Gasteiger partial charge is 0.462 e. The summed E-state index contributed by atoms with van der Waals surface area (Å²) in [6.45, 7) is 3.75. The highest BCUT2D eigenvalue weighted by atomic mass is 31.2. The van der Waals surface area contributed by atoms with Crippen molar-refractivity contribution >= 4 is 19.8 Å². The fourth-order valence-electron chi connectivity index (χ4n) is 8.03. The maximum absolute atomic E-state index is 12.5. The van der Waals surface area contributed by atoms with Gasteiger partial charge in [-0.3, -0.25) is 14.1 Å². The number of phosphoric ester groups is 1. The molecular weight excluding hydrogens is 760 g/mol. The van der Waals surface area contributed by atoms with Crippen LogP contribution in [0.1, 0.15) is 290 Å². The highest BCUT2D eigenvalue weighted by Gasteiger charge is 2.23. The molecule has 59 heavy (non-hydrogen) atoms. The van der Waals surface area contributed by atoms with Crippen LogP contribution in [0.25, 0.3) is 0 Å². The number of carbonyl (C=O) groups excluding carboxylic acids is 2. The molecule has 8 nitrogen and oxygen atoms in total. The largest absolute Gasteiger partial charge is 0.469 e. The van der Waals surface area contributed by atoms with E-state index in [0.717, 1.165) is 32.1 Å².